The van der Waals surface area contributed by atoms with Gasteiger partial charge in [0, 0.05) is 11.7 Å². The lowest BCUT2D eigenvalue weighted by Gasteiger charge is -2.22. The molecule has 0 saturated carbocycles. The maximum Gasteiger partial charge on any atom is 0.337 e. The Morgan fingerprint density at radius 1 is 1.41 bits per heavy atom. The second-order valence-corrected chi connectivity index (χ2v) is 4.67. The number of carboxylic acid groups (broad SMARTS) is 1. The molecule has 17 heavy (non-hydrogen) atoms. The van der Waals surface area contributed by atoms with Crippen LogP contribution in [0.5, 0.6) is 0 Å². The average Bonchev–Trinajstić information content (AvgIpc) is 2.29. The summed E-state index contributed by atoms with van der Waals surface area (Å²) in [6, 6.07) is 5.74. The third-order valence-corrected chi connectivity index (χ3v) is 3.29. The molecule has 1 aromatic rings. The van der Waals surface area contributed by atoms with Crippen LogP contribution in [0.25, 0.3) is 0 Å². The summed E-state index contributed by atoms with van der Waals surface area (Å²) in [5, 5.41) is 12.4. The van der Waals surface area contributed by atoms with Gasteiger partial charge < -0.3 is 10.4 Å². The molecule has 0 bridgehead atoms. The summed E-state index contributed by atoms with van der Waals surface area (Å²) in [7, 11) is 0. The van der Waals surface area contributed by atoms with Gasteiger partial charge in [-0.1, -0.05) is 31.9 Å². The Hall–Kier alpha value is -1.51. The van der Waals surface area contributed by atoms with Gasteiger partial charge in [-0.25, -0.2) is 4.79 Å². The zero-order chi connectivity index (χ0) is 13.0. The molecule has 2 N–H and O–H groups in total. The third-order valence-electron chi connectivity index (χ3n) is 3.29. The number of hydrogen-bond acceptors (Lipinski definition) is 2. The predicted octanol–water partition coefficient (Wildman–Crippen LogP) is 3.54. The molecule has 0 heterocycles. The highest BCUT2D eigenvalue weighted by molar-refractivity contribution is 5.94. The van der Waals surface area contributed by atoms with Gasteiger partial charge in [0.1, 0.15) is 0 Å². The number of anilines is 1. The molecule has 0 aliphatic heterocycles. The molecular weight excluding hydrogens is 214 g/mol. The minimum Gasteiger partial charge on any atom is -0.478 e. The van der Waals surface area contributed by atoms with Gasteiger partial charge in [0.05, 0.1) is 5.56 Å². The van der Waals surface area contributed by atoms with E-state index in [1.165, 1.54) is 0 Å². The lowest BCUT2D eigenvalue weighted by molar-refractivity contribution is 0.0697. The van der Waals surface area contributed by atoms with Crippen LogP contribution in [0.4, 0.5) is 5.69 Å². The maximum absolute atomic E-state index is 11.2. The molecular formula is C14H21NO2. The van der Waals surface area contributed by atoms with Crippen LogP contribution in [0.15, 0.2) is 18.2 Å². The Morgan fingerprint density at radius 2 is 2.06 bits per heavy atom. The van der Waals surface area contributed by atoms with E-state index in [9.17, 15) is 4.79 Å². The first-order chi connectivity index (χ1) is 7.95. The number of nitrogens with one attached hydrogen (secondary N) is 1. The Balaban J connectivity index is 2.94. The average molecular weight is 235 g/mol. The highest BCUT2D eigenvalue weighted by Crippen LogP contribution is 2.21. The van der Waals surface area contributed by atoms with Gasteiger partial charge in [0.15, 0.2) is 0 Å². The van der Waals surface area contributed by atoms with Crippen LogP contribution in [-0.4, -0.2) is 17.1 Å². The van der Waals surface area contributed by atoms with Gasteiger partial charge in [-0.15, -0.1) is 0 Å². The first-order valence-corrected chi connectivity index (χ1v) is 6.06. The van der Waals surface area contributed by atoms with Crippen LogP contribution >= 0.6 is 0 Å². The van der Waals surface area contributed by atoms with E-state index in [0.29, 0.717) is 17.2 Å². The van der Waals surface area contributed by atoms with E-state index in [1.807, 2.05) is 19.1 Å². The van der Waals surface area contributed by atoms with E-state index in [-0.39, 0.29) is 6.04 Å². The fourth-order valence-corrected chi connectivity index (χ4v) is 1.70. The number of aryl methyl sites for hydroxylation is 1. The molecule has 0 fully saturated rings. The second kappa shape index (κ2) is 5.71. The van der Waals surface area contributed by atoms with Gasteiger partial charge in [-0.05, 0) is 31.9 Å². The largest absolute Gasteiger partial charge is 0.478 e. The van der Waals surface area contributed by atoms with Gasteiger partial charge in [-0.2, -0.15) is 0 Å². The summed E-state index contributed by atoms with van der Waals surface area (Å²) in [6.45, 7) is 8.27. The predicted molar refractivity (Wildman–Crippen MR) is 70.7 cm³/mol. The summed E-state index contributed by atoms with van der Waals surface area (Å²) < 4.78 is 0. The Labute approximate surface area is 103 Å². The van der Waals surface area contributed by atoms with Gasteiger partial charge in [0.2, 0.25) is 0 Å². The number of hydrogen-bond donors (Lipinski definition) is 2. The summed E-state index contributed by atoms with van der Waals surface area (Å²) >= 11 is 0. The van der Waals surface area contributed by atoms with Gasteiger partial charge in [0.25, 0.3) is 0 Å². The minimum atomic E-state index is -0.882. The molecule has 0 saturated heterocycles. The molecule has 94 valence electrons. The number of rotatable bonds is 5. The quantitative estimate of drug-likeness (QED) is 0.820. The molecule has 0 radical (unpaired) electrons. The van der Waals surface area contributed by atoms with Crippen LogP contribution in [0, 0.1) is 12.8 Å². The van der Waals surface area contributed by atoms with Crippen molar-refractivity contribution in [3.63, 3.8) is 0 Å². The monoisotopic (exact) mass is 235 g/mol. The molecule has 1 aromatic carbocycles. The zero-order valence-corrected chi connectivity index (χ0v) is 10.9. The summed E-state index contributed by atoms with van der Waals surface area (Å²) in [5.74, 6) is -0.370. The number of benzene rings is 1. The maximum atomic E-state index is 11.2. The lowest BCUT2D eigenvalue weighted by atomic mass is 10.00. The van der Waals surface area contributed by atoms with E-state index < -0.39 is 5.97 Å². The molecule has 0 spiro atoms. The van der Waals surface area contributed by atoms with Crippen molar-refractivity contribution in [1.29, 1.82) is 0 Å². The molecule has 1 rings (SSSR count). The van der Waals surface area contributed by atoms with Crippen LogP contribution in [0.1, 0.15) is 43.1 Å². The molecule has 2 atom stereocenters. The van der Waals surface area contributed by atoms with E-state index in [0.717, 1.165) is 12.0 Å². The molecule has 3 heteroatoms. The van der Waals surface area contributed by atoms with Gasteiger partial charge in [-0.3, -0.25) is 0 Å². The van der Waals surface area contributed by atoms with Crippen molar-refractivity contribution in [1.82, 2.24) is 0 Å². The Morgan fingerprint density at radius 3 is 2.59 bits per heavy atom. The van der Waals surface area contributed by atoms with Crippen molar-refractivity contribution in [3.05, 3.63) is 29.3 Å². The van der Waals surface area contributed by atoms with E-state index >= 15 is 0 Å². The molecule has 0 aliphatic rings. The van der Waals surface area contributed by atoms with Crippen molar-refractivity contribution in [2.24, 2.45) is 5.92 Å². The van der Waals surface area contributed by atoms with E-state index in [2.05, 4.69) is 26.1 Å². The summed E-state index contributed by atoms with van der Waals surface area (Å²) in [6.07, 6.45) is 1.07. The number of carbonyl (C=O) groups is 1. The Kier molecular flexibility index (Phi) is 4.55. The van der Waals surface area contributed by atoms with Crippen LogP contribution in [0.3, 0.4) is 0 Å². The lowest BCUT2D eigenvalue weighted by Crippen LogP contribution is -2.24. The van der Waals surface area contributed by atoms with E-state index in [4.69, 9.17) is 5.11 Å². The Bertz CT molecular complexity index is 401. The molecule has 0 aliphatic carbocycles. The van der Waals surface area contributed by atoms with Crippen LogP contribution in [-0.2, 0) is 0 Å². The van der Waals surface area contributed by atoms with Crippen LogP contribution < -0.4 is 5.32 Å². The first-order valence-electron chi connectivity index (χ1n) is 6.06. The second-order valence-electron chi connectivity index (χ2n) is 4.67. The number of carboxylic acids is 1. The summed E-state index contributed by atoms with van der Waals surface area (Å²) in [5.41, 5.74) is 2.01. The highest BCUT2D eigenvalue weighted by atomic mass is 16.4. The first kappa shape index (κ1) is 13.6. The van der Waals surface area contributed by atoms with Crippen molar-refractivity contribution in [3.8, 4) is 0 Å². The fraction of sp³-hybridized carbons (Fsp3) is 0.500. The molecule has 3 nitrogen and oxygen atoms in total. The smallest absolute Gasteiger partial charge is 0.337 e. The zero-order valence-electron chi connectivity index (χ0n) is 10.9. The SMILES string of the molecule is CCC(C)C(C)Nc1ccc(C)cc1C(=O)O. The molecule has 0 aromatic heterocycles. The van der Waals surface area contributed by atoms with Crippen molar-refractivity contribution in [2.75, 3.05) is 5.32 Å². The molecule has 0 amide bonds. The third kappa shape index (κ3) is 3.48. The van der Waals surface area contributed by atoms with Crippen molar-refractivity contribution in [2.45, 2.75) is 40.2 Å². The fourth-order valence-electron chi connectivity index (χ4n) is 1.70. The van der Waals surface area contributed by atoms with Crippen molar-refractivity contribution >= 4 is 11.7 Å². The summed E-state index contributed by atoms with van der Waals surface area (Å²) in [4.78, 5) is 11.2. The molecule has 2 unspecified atom stereocenters. The van der Waals surface area contributed by atoms with Gasteiger partial charge >= 0.3 is 5.97 Å². The highest BCUT2D eigenvalue weighted by Gasteiger charge is 2.15. The normalized spacial score (nSPS) is 14.1. The standard InChI is InChI=1S/C14H21NO2/c1-5-10(3)11(4)15-13-7-6-9(2)8-12(13)14(16)17/h6-8,10-11,15H,5H2,1-4H3,(H,16,17). The number of aromatic carboxylic acids is 1. The van der Waals surface area contributed by atoms with E-state index in [1.54, 1.807) is 6.07 Å². The van der Waals surface area contributed by atoms with Crippen molar-refractivity contribution < 1.29 is 9.90 Å². The van der Waals surface area contributed by atoms with Crippen LogP contribution in [0.2, 0.25) is 0 Å². The topological polar surface area (TPSA) is 49.3 Å². The minimum absolute atomic E-state index is 0.265.